The Labute approximate surface area is 148 Å². The second-order valence-electron chi connectivity index (χ2n) is 6.26. The topological polar surface area (TPSA) is 66.9 Å². The fourth-order valence-electron chi connectivity index (χ4n) is 3.20. The van der Waals surface area contributed by atoms with Crippen LogP contribution in [0.4, 0.5) is 5.69 Å². The van der Waals surface area contributed by atoms with Crippen molar-refractivity contribution in [3.8, 4) is 0 Å². The van der Waals surface area contributed by atoms with Crippen LogP contribution in [0.1, 0.15) is 46.0 Å². The fraction of sp³-hybridized carbons (Fsp3) is 0.350. The van der Waals surface area contributed by atoms with Gasteiger partial charge in [-0.15, -0.1) is 6.58 Å². The van der Waals surface area contributed by atoms with Crippen LogP contribution < -0.4 is 10.6 Å². The average molecular weight is 336 g/mol. The Morgan fingerprint density at radius 1 is 1.24 bits per heavy atom. The molecule has 2 aromatic rings. The van der Waals surface area contributed by atoms with E-state index >= 15 is 0 Å². The van der Waals surface area contributed by atoms with Crippen molar-refractivity contribution >= 4 is 11.6 Å². The van der Waals surface area contributed by atoms with Gasteiger partial charge in [0.05, 0.1) is 12.1 Å². The van der Waals surface area contributed by atoms with Gasteiger partial charge >= 0.3 is 0 Å². The van der Waals surface area contributed by atoms with Crippen LogP contribution in [0, 0.1) is 6.92 Å². The van der Waals surface area contributed by atoms with E-state index in [1.54, 1.807) is 12.1 Å². The smallest absolute Gasteiger partial charge is 0.253 e. The van der Waals surface area contributed by atoms with Crippen molar-refractivity contribution in [2.24, 2.45) is 0 Å². The average Bonchev–Trinajstić information content (AvgIpc) is 2.65. The Kier molecular flexibility index (Phi) is 5.43. The molecule has 0 bridgehead atoms. The predicted molar refractivity (Wildman–Crippen MR) is 99.7 cm³/mol. The molecule has 1 aromatic carbocycles. The molecule has 5 heteroatoms. The molecule has 1 heterocycles. The van der Waals surface area contributed by atoms with Gasteiger partial charge in [-0.25, -0.2) is 9.97 Å². The second kappa shape index (κ2) is 7.92. The molecule has 0 radical (unpaired) electrons. The summed E-state index contributed by atoms with van der Waals surface area (Å²) in [6.07, 6.45) is 6.22. The zero-order chi connectivity index (χ0) is 17.6. The van der Waals surface area contributed by atoms with Gasteiger partial charge in [-0.05, 0) is 50.3 Å². The molecule has 0 aliphatic heterocycles. The lowest BCUT2D eigenvalue weighted by molar-refractivity contribution is 0.0950. The van der Waals surface area contributed by atoms with E-state index in [1.165, 1.54) is 18.4 Å². The molecule has 1 amide bonds. The molecular weight excluding hydrogens is 312 g/mol. The predicted octanol–water partition coefficient (Wildman–Crippen LogP) is 3.19. The molecule has 5 nitrogen and oxygen atoms in total. The zero-order valence-corrected chi connectivity index (χ0v) is 14.6. The summed E-state index contributed by atoms with van der Waals surface area (Å²) in [6.45, 7) is 6.67. The molecule has 1 aromatic heterocycles. The van der Waals surface area contributed by atoms with Crippen molar-refractivity contribution in [1.82, 2.24) is 15.3 Å². The molecular formula is C20H24N4O. The van der Waals surface area contributed by atoms with Gasteiger partial charge in [0.15, 0.2) is 0 Å². The lowest BCUT2D eigenvalue weighted by Gasteiger charge is -2.17. The van der Waals surface area contributed by atoms with Gasteiger partial charge in [0.1, 0.15) is 5.82 Å². The number of amides is 1. The first-order valence-electron chi connectivity index (χ1n) is 8.76. The standard InChI is InChI=1S/C20H24N4O/c1-3-12-21-17-10-6-5-9-16(17)20(25)22-13-19-23-14(2)15-8-4-7-11-18(15)24-19/h3,5-6,9-10,21H,1,4,7-8,11-13H2,2H3,(H,22,25). The number of benzene rings is 1. The first kappa shape index (κ1) is 17.1. The van der Waals surface area contributed by atoms with Gasteiger partial charge < -0.3 is 10.6 Å². The van der Waals surface area contributed by atoms with Gasteiger partial charge in [-0.3, -0.25) is 4.79 Å². The van der Waals surface area contributed by atoms with Crippen molar-refractivity contribution in [3.63, 3.8) is 0 Å². The van der Waals surface area contributed by atoms with Crippen molar-refractivity contribution in [1.29, 1.82) is 0 Å². The van der Waals surface area contributed by atoms with Crippen LogP contribution in [0.2, 0.25) is 0 Å². The maximum atomic E-state index is 12.5. The monoisotopic (exact) mass is 336 g/mol. The van der Waals surface area contributed by atoms with Crippen LogP contribution in [0.25, 0.3) is 0 Å². The molecule has 0 saturated heterocycles. The van der Waals surface area contributed by atoms with E-state index in [1.807, 2.05) is 25.1 Å². The first-order chi connectivity index (χ1) is 12.2. The van der Waals surface area contributed by atoms with E-state index in [4.69, 9.17) is 0 Å². The Balaban J connectivity index is 1.71. The third-order valence-corrected chi connectivity index (χ3v) is 4.45. The summed E-state index contributed by atoms with van der Waals surface area (Å²) in [5.74, 6) is 0.550. The molecule has 1 aliphatic rings. The van der Waals surface area contributed by atoms with Gasteiger partial charge in [0.25, 0.3) is 5.91 Å². The maximum absolute atomic E-state index is 12.5. The number of fused-ring (bicyclic) bond motifs is 1. The fourth-order valence-corrected chi connectivity index (χ4v) is 3.20. The minimum atomic E-state index is -0.133. The summed E-state index contributed by atoms with van der Waals surface area (Å²) >= 11 is 0. The summed E-state index contributed by atoms with van der Waals surface area (Å²) in [4.78, 5) is 21.8. The molecule has 3 rings (SSSR count). The summed E-state index contributed by atoms with van der Waals surface area (Å²) in [5.41, 5.74) is 4.89. The molecule has 0 fully saturated rings. The summed E-state index contributed by atoms with van der Waals surface area (Å²) < 4.78 is 0. The first-order valence-corrected chi connectivity index (χ1v) is 8.76. The van der Waals surface area contributed by atoms with E-state index in [0.29, 0.717) is 24.5 Å². The number of nitrogens with zero attached hydrogens (tertiary/aromatic N) is 2. The molecule has 25 heavy (non-hydrogen) atoms. The lowest BCUT2D eigenvalue weighted by atomic mass is 9.95. The number of nitrogens with one attached hydrogen (secondary N) is 2. The van der Waals surface area contributed by atoms with Crippen LogP contribution in [-0.2, 0) is 19.4 Å². The number of hydrogen-bond acceptors (Lipinski definition) is 4. The summed E-state index contributed by atoms with van der Waals surface area (Å²) in [5, 5.41) is 6.12. The second-order valence-corrected chi connectivity index (χ2v) is 6.26. The van der Waals surface area contributed by atoms with Crippen molar-refractivity contribution in [3.05, 3.63) is 65.3 Å². The van der Waals surface area contributed by atoms with Crippen molar-refractivity contribution in [2.45, 2.75) is 39.2 Å². The number of aryl methyl sites for hydroxylation is 2. The number of carbonyl (C=O) groups is 1. The third kappa shape index (κ3) is 4.05. The maximum Gasteiger partial charge on any atom is 0.253 e. The number of aromatic nitrogens is 2. The highest BCUT2D eigenvalue weighted by Crippen LogP contribution is 2.21. The number of hydrogen-bond donors (Lipinski definition) is 2. The van der Waals surface area contributed by atoms with Gasteiger partial charge in [-0.2, -0.15) is 0 Å². The highest BCUT2D eigenvalue weighted by molar-refractivity contribution is 5.99. The highest BCUT2D eigenvalue weighted by atomic mass is 16.1. The van der Waals surface area contributed by atoms with Gasteiger partial charge in [0, 0.05) is 23.6 Å². The van der Waals surface area contributed by atoms with E-state index in [0.717, 1.165) is 29.9 Å². The quantitative estimate of drug-likeness (QED) is 0.795. The number of rotatable bonds is 6. The van der Waals surface area contributed by atoms with Crippen LogP contribution in [0.3, 0.4) is 0 Å². The Bertz CT molecular complexity index is 785. The number of carbonyl (C=O) groups excluding carboxylic acids is 1. The molecule has 130 valence electrons. The van der Waals surface area contributed by atoms with Crippen molar-refractivity contribution < 1.29 is 4.79 Å². The third-order valence-electron chi connectivity index (χ3n) is 4.45. The van der Waals surface area contributed by atoms with Crippen LogP contribution in [0.15, 0.2) is 36.9 Å². The lowest BCUT2D eigenvalue weighted by Crippen LogP contribution is -2.26. The number of anilines is 1. The minimum absolute atomic E-state index is 0.133. The van der Waals surface area contributed by atoms with E-state index in [-0.39, 0.29) is 5.91 Å². The minimum Gasteiger partial charge on any atom is -0.381 e. The van der Waals surface area contributed by atoms with E-state index in [2.05, 4.69) is 27.2 Å². The van der Waals surface area contributed by atoms with Gasteiger partial charge in [-0.1, -0.05) is 18.2 Å². The summed E-state index contributed by atoms with van der Waals surface area (Å²) in [6, 6.07) is 7.45. The van der Waals surface area contributed by atoms with Gasteiger partial charge in [0.2, 0.25) is 0 Å². The molecule has 0 atom stereocenters. The number of para-hydroxylation sites is 1. The summed E-state index contributed by atoms with van der Waals surface area (Å²) in [7, 11) is 0. The molecule has 0 saturated carbocycles. The highest BCUT2D eigenvalue weighted by Gasteiger charge is 2.16. The van der Waals surface area contributed by atoms with E-state index in [9.17, 15) is 4.79 Å². The zero-order valence-electron chi connectivity index (χ0n) is 14.6. The Morgan fingerprint density at radius 2 is 2.04 bits per heavy atom. The van der Waals surface area contributed by atoms with Crippen LogP contribution in [-0.4, -0.2) is 22.4 Å². The van der Waals surface area contributed by atoms with Crippen LogP contribution in [0.5, 0.6) is 0 Å². The SMILES string of the molecule is C=CCNc1ccccc1C(=O)NCc1nc(C)c2c(n1)CCCC2. The normalized spacial score (nSPS) is 13.0. The van der Waals surface area contributed by atoms with Crippen molar-refractivity contribution in [2.75, 3.05) is 11.9 Å². The molecule has 2 N–H and O–H groups in total. The molecule has 0 spiro atoms. The largest absolute Gasteiger partial charge is 0.381 e. The Morgan fingerprint density at radius 3 is 2.88 bits per heavy atom. The van der Waals surface area contributed by atoms with Crippen LogP contribution >= 0.6 is 0 Å². The Hall–Kier alpha value is -2.69. The molecule has 1 aliphatic carbocycles. The van der Waals surface area contributed by atoms with E-state index < -0.39 is 0 Å². The molecule has 0 unspecified atom stereocenters.